The molecule has 0 spiro atoms. The summed E-state index contributed by atoms with van der Waals surface area (Å²) in [5.74, 6) is 0. The van der Waals surface area contributed by atoms with Crippen LogP contribution in [0.2, 0.25) is 0 Å². The Bertz CT molecular complexity index is 651. The molecule has 0 aliphatic carbocycles. The SMILES string of the molecule is C=Cc1cccc(CO/N=[C]\c2ccc(C#N)cc2)c1. The second-order valence-electron chi connectivity index (χ2n) is 4.11. The van der Waals surface area contributed by atoms with Gasteiger partial charge in [-0.05, 0) is 29.3 Å². The van der Waals surface area contributed by atoms with Gasteiger partial charge in [0.15, 0.2) is 0 Å². The average molecular weight is 261 g/mol. The van der Waals surface area contributed by atoms with Gasteiger partial charge < -0.3 is 4.84 Å². The first kappa shape index (κ1) is 13.6. The molecule has 0 saturated carbocycles. The highest BCUT2D eigenvalue weighted by molar-refractivity contribution is 5.79. The molecular formula is C17H13N2O. The van der Waals surface area contributed by atoms with Gasteiger partial charge in [0.25, 0.3) is 0 Å². The van der Waals surface area contributed by atoms with Crippen LogP contribution in [0.25, 0.3) is 6.08 Å². The normalized spacial score (nSPS) is 10.2. The first-order valence-electron chi connectivity index (χ1n) is 6.11. The van der Waals surface area contributed by atoms with Crippen molar-refractivity contribution >= 4 is 12.3 Å². The van der Waals surface area contributed by atoms with E-state index in [0.29, 0.717) is 12.2 Å². The molecule has 0 aliphatic heterocycles. The molecule has 3 nitrogen and oxygen atoms in total. The Labute approximate surface area is 118 Å². The van der Waals surface area contributed by atoms with Crippen LogP contribution in [-0.2, 0) is 11.4 Å². The van der Waals surface area contributed by atoms with Gasteiger partial charge >= 0.3 is 0 Å². The Morgan fingerprint density at radius 1 is 1.15 bits per heavy atom. The van der Waals surface area contributed by atoms with Crippen molar-refractivity contribution in [3.63, 3.8) is 0 Å². The monoisotopic (exact) mass is 261 g/mol. The molecule has 0 heterocycles. The zero-order valence-electron chi connectivity index (χ0n) is 10.9. The number of nitrogens with zero attached hydrogens (tertiary/aromatic N) is 2. The van der Waals surface area contributed by atoms with Crippen LogP contribution in [0.15, 0.2) is 60.3 Å². The summed E-state index contributed by atoms with van der Waals surface area (Å²) in [5.41, 5.74) is 3.44. The fraction of sp³-hybridized carbons (Fsp3) is 0.0588. The average Bonchev–Trinajstić information content (AvgIpc) is 2.52. The van der Waals surface area contributed by atoms with E-state index in [1.54, 1.807) is 30.3 Å². The molecule has 0 aromatic heterocycles. The third kappa shape index (κ3) is 3.82. The minimum absolute atomic E-state index is 0.380. The second-order valence-corrected chi connectivity index (χ2v) is 4.11. The highest BCUT2D eigenvalue weighted by Crippen LogP contribution is 2.08. The van der Waals surface area contributed by atoms with Crippen molar-refractivity contribution in [2.75, 3.05) is 0 Å². The van der Waals surface area contributed by atoms with Crippen LogP contribution >= 0.6 is 0 Å². The first-order chi connectivity index (χ1) is 9.81. The van der Waals surface area contributed by atoms with Crippen LogP contribution in [0, 0.1) is 11.3 Å². The molecule has 0 N–H and O–H groups in total. The largest absolute Gasteiger partial charge is 0.390 e. The molecule has 2 rings (SSSR count). The quantitative estimate of drug-likeness (QED) is 0.609. The smallest absolute Gasteiger partial charge is 0.142 e. The highest BCUT2D eigenvalue weighted by Gasteiger charge is 1.94. The molecule has 2 aromatic rings. The van der Waals surface area contributed by atoms with E-state index in [0.717, 1.165) is 16.7 Å². The lowest BCUT2D eigenvalue weighted by Crippen LogP contribution is -1.89. The lowest BCUT2D eigenvalue weighted by atomic mass is 10.1. The minimum atomic E-state index is 0.380. The standard InChI is InChI=1S/C17H13N2O/c1-2-14-4-3-5-17(10-14)13-20-19-12-16-8-6-15(11-18)7-9-16/h2-10H,1,13H2. The number of benzene rings is 2. The van der Waals surface area contributed by atoms with Crippen LogP contribution in [0.1, 0.15) is 22.3 Å². The molecule has 0 fully saturated rings. The van der Waals surface area contributed by atoms with Crippen molar-refractivity contribution in [1.29, 1.82) is 5.26 Å². The maximum atomic E-state index is 8.69. The highest BCUT2D eigenvalue weighted by atomic mass is 16.6. The zero-order valence-corrected chi connectivity index (χ0v) is 10.9. The van der Waals surface area contributed by atoms with Gasteiger partial charge in [-0.1, -0.05) is 48.1 Å². The minimum Gasteiger partial charge on any atom is -0.390 e. The predicted molar refractivity (Wildman–Crippen MR) is 79.0 cm³/mol. The number of rotatable bonds is 5. The predicted octanol–water partition coefficient (Wildman–Crippen LogP) is 3.63. The summed E-state index contributed by atoms with van der Waals surface area (Å²) in [4.78, 5) is 5.19. The Morgan fingerprint density at radius 2 is 1.90 bits per heavy atom. The number of nitriles is 1. The van der Waals surface area contributed by atoms with E-state index in [4.69, 9.17) is 10.1 Å². The summed E-state index contributed by atoms with van der Waals surface area (Å²) in [5, 5.41) is 12.5. The third-order valence-electron chi connectivity index (χ3n) is 2.67. The Kier molecular flexibility index (Phi) is 4.69. The van der Waals surface area contributed by atoms with Gasteiger partial charge in [-0.3, -0.25) is 0 Å². The van der Waals surface area contributed by atoms with Gasteiger partial charge in [0.2, 0.25) is 0 Å². The summed E-state index contributed by atoms with van der Waals surface area (Å²) >= 11 is 0. The van der Waals surface area contributed by atoms with Crippen molar-refractivity contribution in [2.24, 2.45) is 5.16 Å². The lowest BCUT2D eigenvalue weighted by molar-refractivity contribution is 0.132. The molecule has 2 aromatic carbocycles. The molecule has 0 atom stereocenters. The molecule has 0 bridgehead atoms. The Balaban J connectivity index is 1.89. The van der Waals surface area contributed by atoms with Gasteiger partial charge in [-0.2, -0.15) is 5.26 Å². The summed E-state index contributed by atoms with van der Waals surface area (Å²) in [7, 11) is 0. The zero-order chi connectivity index (χ0) is 14.2. The van der Waals surface area contributed by atoms with Crippen LogP contribution in [0.5, 0.6) is 0 Å². The van der Waals surface area contributed by atoms with E-state index < -0.39 is 0 Å². The van der Waals surface area contributed by atoms with Gasteiger partial charge in [0.1, 0.15) is 12.8 Å². The Morgan fingerprint density at radius 3 is 2.60 bits per heavy atom. The topological polar surface area (TPSA) is 45.4 Å². The van der Waals surface area contributed by atoms with E-state index in [1.165, 1.54) is 0 Å². The summed E-state index contributed by atoms with van der Waals surface area (Å²) in [6, 6.07) is 16.9. The number of hydrogen-bond acceptors (Lipinski definition) is 3. The molecule has 0 saturated heterocycles. The van der Waals surface area contributed by atoms with E-state index in [9.17, 15) is 0 Å². The fourth-order valence-electron chi connectivity index (χ4n) is 1.62. The van der Waals surface area contributed by atoms with E-state index in [1.807, 2.05) is 24.3 Å². The molecule has 0 aliphatic rings. The molecule has 1 radical (unpaired) electrons. The van der Waals surface area contributed by atoms with Gasteiger partial charge in [0.05, 0.1) is 11.6 Å². The van der Waals surface area contributed by atoms with E-state index in [-0.39, 0.29) is 0 Å². The molecular weight excluding hydrogens is 248 g/mol. The van der Waals surface area contributed by atoms with Crippen LogP contribution < -0.4 is 0 Å². The molecule has 20 heavy (non-hydrogen) atoms. The summed E-state index contributed by atoms with van der Waals surface area (Å²) < 4.78 is 0. The van der Waals surface area contributed by atoms with E-state index in [2.05, 4.69) is 24.0 Å². The van der Waals surface area contributed by atoms with E-state index >= 15 is 0 Å². The first-order valence-corrected chi connectivity index (χ1v) is 6.11. The van der Waals surface area contributed by atoms with Crippen LogP contribution in [0.3, 0.4) is 0 Å². The van der Waals surface area contributed by atoms with Gasteiger partial charge in [-0.15, -0.1) is 0 Å². The second kappa shape index (κ2) is 6.91. The van der Waals surface area contributed by atoms with Gasteiger partial charge in [-0.25, -0.2) is 0 Å². The summed E-state index contributed by atoms with van der Waals surface area (Å²) in [6.07, 6.45) is 4.56. The van der Waals surface area contributed by atoms with Crippen molar-refractivity contribution in [1.82, 2.24) is 0 Å². The number of hydrogen-bond donors (Lipinski definition) is 0. The van der Waals surface area contributed by atoms with Crippen molar-refractivity contribution in [3.8, 4) is 6.07 Å². The molecule has 97 valence electrons. The molecule has 3 heteroatoms. The maximum Gasteiger partial charge on any atom is 0.142 e. The third-order valence-corrected chi connectivity index (χ3v) is 2.67. The maximum absolute atomic E-state index is 8.69. The summed E-state index contributed by atoms with van der Waals surface area (Å²) in [6.45, 7) is 4.10. The van der Waals surface area contributed by atoms with Crippen molar-refractivity contribution in [3.05, 3.63) is 77.4 Å². The van der Waals surface area contributed by atoms with Crippen LogP contribution in [-0.4, -0.2) is 6.21 Å². The van der Waals surface area contributed by atoms with Gasteiger partial charge in [0, 0.05) is 5.56 Å². The molecule has 0 unspecified atom stereocenters. The molecule has 0 amide bonds. The fourth-order valence-corrected chi connectivity index (χ4v) is 1.62. The lowest BCUT2D eigenvalue weighted by Gasteiger charge is -2.00. The van der Waals surface area contributed by atoms with Crippen LogP contribution in [0.4, 0.5) is 0 Å². The van der Waals surface area contributed by atoms with Crippen molar-refractivity contribution in [2.45, 2.75) is 6.61 Å². The van der Waals surface area contributed by atoms with Crippen molar-refractivity contribution < 1.29 is 4.84 Å². The Hall–Kier alpha value is -2.86.